The number of sulfone groups is 2. The van der Waals surface area contributed by atoms with Crippen LogP contribution >= 0.6 is 15.9 Å². The Bertz CT molecular complexity index is 1210. The Balaban J connectivity index is 0. The van der Waals surface area contributed by atoms with Crippen molar-refractivity contribution in [2.24, 2.45) is 0 Å². The molecule has 2 aromatic rings. The molecular weight excluding hydrogens is 551 g/mol. The fraction of sp³-hybridized carbons (Fsp3) is 0.520. The molecule has 0 N–H and O–H groups in total. The third-order valence-electron chi connectivity index (χ3n) is 5.76. The molecule has 0 radical (unpaired) electrons. The lowest BCUT2D eigenvalue weighted by Crippen LogP contribution is -2.41. The fourth-order valence-corrected chi connectivity index (χ4v) is 4.71. The highest BCUT2D eigenvalue weighted by Gasteiger charge is 2.52. The lowest BCUT2D eigenvalue weighted by Gasteiger charge is -2.32. The molecule has 1 saturated heterocycles. The van der Waals surface area contributed by atoms with Crippen LogP contribution in [0.3, 0.4) is 0 Å². The molecule has 0 amide bonds. The second-order valence-corrected chi connectivity index (χ2v) is 13.9. The Morgan fingerprint density at radius 3 is 1.46 bits per heavy atom. The summed E-state index contributed by atoms with van der Waals surface area (Å²) in [6.45, 7) is 11.7. The zero-order valence-corrected chi connectivity index (χ0v) is 22.9. The molecule has 0 aromatic heterocycles. The molecule has 1 aliphatic rings. The third kappa shape index (κ3) is 8.70. The molecule has 1 heterocycles. The predicted molar refractivity (Wildman–Crippen MR) is 152 cm³/mol. The molecule has 3 rings (SSSR count). The van der Waals surface area contributed by atoms with Crippen LogP contribution in [0.5, 0.6) is 0 Å². The summed E-state index contributed by atoms with van der Waals surface area (Å²) in [6.07, 6.45) is 2.40. The summed E-state index contributed by atoms with van der Waals surface area (Å²) in [5, 5.41) is 0. The van der Waals surface area contributed by atoms with Crippen molar-refractivity contribution in [3.63, 3.8) is 0 Å². The number of aryl methyl sites for hydroxylation is 2. The van der Waals surface area contributed by atoms with E-state index in [1.54, 1.807) is 36.4 Å². The van der Waals surface area contributed by atoms with Crippen LogP contribution in [0.15, 0.2) is 50.7 Å². The Kier molecular flexibility index (Phi) is 12.7. The minimum atomic E-state index is -3.24. The maximum atomic E-state index is 11.7. The molecule has 1 fully saturated rings. The largest absolute Gasteiger partial charge is 0.495 e. The van der Waals surface area contributed by atoms with E-state index in [9.17, 15) is 16.8 Å². The number of rotatable bonds is 3. The van der Waals surface area contributed by atoms with E-state index >= 15 is 0 Å². The Labute approximate surface area is 222 Å². The molecule has 0 bridgehead atoms. The second kappa shape index (κ2) is 12.4. The summed E-state index contributed by atoms with van der Waals surface area (Å²) in [5.41, 5.74) is 1.88. The van der Waals surface area contributed by atoms with Crippen molar-refractivity contribution in [1.82, 2.24) is 0 Å². The van der Waals surface area contributed by atoms with Gasteiger partial charge in [-0.05, 0) is 76.8 Å². The van der Waals surface area contributed by atoms with E-state index in [0.29, 0.717) is 4.90 Å². The molecule has 1 aliphatic heterocycles. The normalized spacial score (nSPS) is 16.1. The first-order valence-corrected chi connectivity index (χ1v) is 14.6. The summed E-state index contributed by atoms with van der Waals surface area (Å²) in [7, 11) is -6.85. The maximum Gasteiger partial charge on any atom is 0.495 e. The van der Waals surface area contributed by atoms with Crippen LogP contribution < -0.4 is 5.46 Å². The Morgan fingerprint density at radius 1 is 0.714 bits per heavy atom. The van der Waals surface area contributed by atoms with Crippen LogP contribution in [0.25, 0.3) is 0 Å². The molecule has 0 atom stereocenters. The minimum absolute atomic E-state index is 0. The zero-order valence-electron chi connectivity index (χ0n) is 19.7. The van der Waals surface area contributed by atoms with E-state index in [1.807, 2.05) is 41.5 Å². The molecular formula is C25H42BBrO6S2. The van der Waals surface area contributed by atoms with Gasteiger partial charge in [-0.3, -0.25) is 0 Å². The summed E-state index contributed by atoms with van der Waals surface area (Å²) in [6, 6.07) is 10.0. The van der Waals surface area contributed by atoms with Crippen LogP contribution in [0, 0.1) is 13.8 Å². The van der Waals surface area contributed by atoms with Gasteiger partial charge >= 0.3 is 7.12 Å². The van der Waals surface area contributed by atoms with Gasteiger partial charge in [0, 0.05) is 17.0 Å². The first-order valence-electron chi connectivity index (χ1n) is 9.97. The Hall–Kier alpha value is -1.20. The molecule has 0 unspecified atom stereocenters. The van der Waals surface area contributed by atoms with Crippen molar-refractivity contribution in [2.45, 2.75) is 84.8 Å². The average Bonchev–Trinajstić information content (AvgIpc) is 2.83. The summed E-state index contributed by atoms with van der Waals surface area (Å²) < 4.78 is 58.3. The van der Waals surface area contributed by atoms with Gasteiger partial charge < -0.3 is 9.31 Å². The lowest BCUT2D eigenvalue weighted by molar-refractivity contribution is 0.00578. The van der Waals surface area contributed by atoms with Crippen molar-refractivity contribution in [1.29, 1.82) is 0 Å². The molecule has 6 nitrogen and oxygen atoms in total. The zero-order chi connectivity index (χ0) is 24.7. The lowest BCUT2D eigenvalue weighted by atomic mass is 9.76. The van der Waals surface area contributed by atoms with Crippen LogP contribution in [-0.4, -0.2) is 47.7 Å². The number of benzene rings is 2. The average molecular weight is 593 g/mol. The number of hydrogen-bond donors (Lipinski definition) is 0. The molecule has 0 spiro atoms. The fourth-order valence-electron chi connectivity index (χ4n) is 2.88. The highest BCUT2D eigenvalue weighted by Crippen LogP contribution is 2.36. The van der Waals surface area contributed by atoms with E-state index in [1.165, 1.54) is 12.5 Å². The smallest absolute Gasteiger partial charge is 0.399 e. The van der Waals surface area contributed by atoms with Gasteiger partial charge in [0.1, 0.15) is 0 Å². The van der Waals surface area contributed by atoms with Gasteiger partial charge in [-0.2, -0.15) is 0 Å². The molecule has 10 heteroatoms. The summed E-state index contributed by atoms with van der Waals surface area (Å²) in [4.78, 5) is 0.632. The van der Waals surface area contributed by atoms with Gasteiger partial charge in [-0.25, -0.2) is 16.8 Å². The molecule has 0 aliphatic carbocycles. The van der Waals surface area contributed by atoms with Crippen LogP contribution in [0.4, 0.5) is 0 Å². The van der Waals surface area contributed by atoms with Crippen molar-refractivity contribution in [3.8, 4) is 0 Å². The summed E-state index contributed by atoms with van der Waals surface area (Å²) >= 11 is 3.27. The van der Waals surface area contributed by atoms with Gasteiger partial charge in [0.2, 0.25) is 0 Å². The first-order chi connectivity index (χ1) is 14.3. The van der Waals surface area contributed by atoms with Crippen molar-refractivity contribution in [3.05, 3.63) is 52.0 Å². The summed E-state index contributed by atoms with van der Waals surface area (Å²) in [5.74, 6) is 0. The van der Waals surface area contributed by atoms with Crippen LogP contribution in [0.1, 0.15) is 61.1 Å². The number of hydrogen-bond acceptors (Lipinski definition) is 6. The van der Waals surface area contributed by atoms with Gasteiger partial charge in [0.15, 0.2) is 19.7 Å². The highest BCUT2D eigenvalue weighted by atomic mass is 79.9. The Morgan fingerprint density at radius 2 is 1.09 bits per heavy atom. The SMILES string of the molecule is C.C.C.Cc1ccc(S(C)(=O)=O)cc1B1OC(C)(C)C(C)(C)O1.Cc1ccc(S(C)(=O)=O)cc1Br. The van der Waals surface area contributed by atoms with E-state index in [2.05, 4.69) is 15.9 Å². The van der Waals surface area contributed by atoms with Gasteiger partial charge in [0.05, 0.1) is 21.0 Å². The molecule has 2 aromatic carbocycles. The third-order valence-corrected chi connectivity index (χ3v) is 8.83. The predicted octanol–water partition coefficient (Wildman–Crippen LogP) is 5.77. The topological polar surface area (TPSA) is 86.7 Å². The van der Waals surface area contributed by atoms with Crippen molar-refractivity contribution >= 4 is 48.2 Å². The van der Waals surface area contributed by atoms with Crippen LogP contribution in [-0.2, 0) is 29.0 Å². The molecule has 200 valence electrons. The van der Waals surface area contributed by atoms with E-state index in [-0.39, 0.29) is 27.2 Å². The van der Waals surface area contributed by atoms with E-state index < -0.39 is 38.0 Å². The van der Waals surface area contributed by atoms with Crippen molar-refractivity contribution in [2.75, 3.05) is 12.5 Å². The number of halogens is 1. The van der Waals surface area contributed by atoms with Gasteiger partial charge in [-0.15, -0.1) is 0 Å². The monoisotopic (exact) mass is 592 g/mol. The van der Waals surface area contributed by atoms with E-state index in [4.69, 9.17) is 9.31 Å². The van der Waals surface area contributed by atoms with Gasteiger partial charge in [0.25, 0.3) is 0 Å². The second-order valence-electron chi connectivity index (χ2n) is 9.06. The molecule has 0 saturated carbocycles. The molecule has 35 heavy (non-hydrogen) atoms. The van der Waals surface area contributed by atoms with Gasteiger partial charge in [-0.1, -0.05) is 55.9 Å². The maximum absolute atomic E-state index is 11.7. The standard InChI is InChI=1S/C14H21BO4S.C8H9BrO2S.3CH4/c1-10-7-8-11(20(6,16)17)9-12(10)15-18-13(2,3)14(4,5)19-15;1-6-3-4-7(5-8(6)9)12(2,10)11;;;/h7-9H,1-6H3;3-5H,1-2H3;3*1H4. The minimum Gasteiger partial charge on any atom is -0.399 e. The quantitative estimate of drug-likeness (QED) is 0.421. The highest BCUT2D eigenvalue weighted by molar-refractivity contribution is 9.10. The van der Waals surface area contributed by atoms with Crippen LogP contribution in [0.2, 0.25) is 0 Å². The van der Waals surface area contributed by atoms with Crippen molar-refractivity contribution < 1.29 is 26.1 Å². The van der Waals surface area contributed by atoms with E-state index in [0.717, 1.165) is 21.1 Å². The first kappa shape index (κ1) is 36.0.